The lowest BCUT2D eigenvalue weighted by Crippen LogP contribution is -1.93. The van der Waals surface area contributed by atoms with Gasteiger partial charge in [0, 0.05) is 0 Å². The molecule has 1 aromatic rings. The Morgan fingerprint density at radius 2 is 1.83 bits per heavy atom. The molecule has 12 heavy (non-hydrogen) atoms. The van der Waals surface area contributed by atoms with E-state index in [-0.39, 0.29) is 0 Å². The number of benzene rings is 1. The molecule has 0 saturated heterocycles. The number of hydrogen-bond acceptors (Lipinski definition) is 2. The van der Waals surface area contributed by atoms with Crippen LogP contribution in [-0.4, -0.2) is 5.21 Å². The van der Waals surface area contributed by atoms with Gasteiger partial charge in [0.25, 0.3) is 0 Å². The van der Waals surface area contributed by atoms with E-state index in [1.54, 1.807) is 0 Å². The summed E-state index contributed by atoms with van der Waals surface area (Å²) in [5, 5.41) is 8.60. The molecule has 0 aliphatic carbocycles. The average molecular weight is 167 g/mol. The molecule has 2 N–H and O–H groups in total. The van der Waals surface area contributed by atoms with Crippen LogP contribution in [0.4, 0.5) is 5.69 Å². The van der Waals surface area contributed by atoms with Gasteiger partial charge >= 0.3 is 0 Å². The molecule has 0 unspecified atom stereocenters. The van der Waals surface area contributed by atoms with Crippen LogP contribution in [0.5, 0.6) is 0 Å². The zero-order chi connectivity index (χ0) is 9.40. The number of hydrogen-bond donors (Lipinski definition) is 2. The second kappa shape index (κ2) is 6.68. The highest BCUT2D eigenvalue weighted by Crippen LogP contribution is 2.13. The van der Waals surface area contributed by atoms with Crippen LogP contribution >= 0.6 is 0 Å². The summed E-state index contributed by atoms with van der Waals surface area (Å²) in [6.07, 6.45) is 0.934. The van der Waals surface area contributed by atoms with Gasteiger partial charge in [0.2, 0.25) is 0 Å². The molecule has 0 bridgehead atoms. The smallest absolute Gasteiger partial charge is 0.0633 e. The Morgan fingerprint density at radius 1 is 1.25 bits per heavy atom. The summed E-state index contributed by atoms with van der Waals surface area (Å²) >= 11 is 0. The summed E-state index contributed by atoms with van der Waals surface area (Å²) in [7, 11) is 0. The van der Waals surface area contributed by atoms with E-state index in [0.717, 1.165) is 17.7 Å². The summed E-state index contributed by atoms with van der Waals surface area (Å²) in [6, 6.07) is 7.68. The normalized spacial score (nSPS) is 8.33. The minimum atomic E-state index is 0.796. The predicted octanol–water partition coefficient (Wildman–Crippen LogP) is 3.08. The Bertz CT molecular complexity index is 188. The van der Waals surface area contributed by atoms with Crippen molar-refractivity contribution in [3.8, 4) is 0 Å². The Morgan fingerprint density at radius 3 is 2.25 bits per heavy atom. The lowest BCUT2D eigenvalue weighted by Gasteiger charge is -2.03. The van der Waals surface area contributed by atoms with Crippen LogP contribution in [0.3, 0.4) is 0 Å². The Labute approximate surface area is 74.2 Å². The van der Waals surface area contributed by atoms with Crippen LogP contribution in [-0.2, 0) is 6.42 Å². The monoisotopic (exact) mass is 167 g/mol. The molecule has 0 amide bonds. The average Bonchev–Trinajstić information content (AvgIpc) is 2.20. The summed E-state index contributed by atoms with van der Waals surface area (Å²) in [6.45, 7) is 6.05. The third kappa shape index (κ3) is 2.93. The predicted molar refractivity (Wildman–Crippen MR) is 52.6 cm³/mol. The van der Waals surface area contributed by atoms with E-state index in [1.807, 2.05) is 38.1 Å². The molecule has 0 aliphatic rings. The number of nitrogens with one attached hydrogen (secondary N) is 1. The summed E-state index contributed by atoms with van der Waals surface area (Å²) in [5.74, 6) is 0. The summed E-state index contributed by atoms with van der Waals surface area (Å²) in [4.78, 5) is 0. The molecule has 0 spiro atoms. The van der Waals surface area contributed by atoms with Crippen LogP contribution in [0, 0.1) is 0 Å². The van der Waals surface area contributed by atoms with Gasteiger partial charge in [0.05, 0.1) is 5.69 Å². The molecule has 0 atom stereocenters. The molecule has 68 valence electrons. The quantitative estimate of drug-likeness (QED) is 0.663. The highest BCUT2D eigenvalue weighted by Gasteiger charge is 1.94. The number of anilines is 1. The van der Waals surface area contributed by atoms with Crippen LogP contribution in [0.15, 0.2) is 24.3 Å². The van der Waals surface area contributed by atoms with Crippen molar-refractivity contribution < 1.29 is 5.21 Å². The maximum Gasteiger partial charge on any atom is 0.0633 e. The van der Waals surface area contributed by atoms with E-state index in [9.17, 15) is 0 Å². The van der Waals surface area contributed by atoms with Crippen LogP contribution < -0.4 is 5.48 Å². The van der Waals surface area contributed by atoms with E-state index in [4.69, 9.17) is 5.21 Å². The summed E-state index contributed by atoms with van der Waals surface area (Å²) < 4.78 is 0. The zero-order valence-electron chi connectivity index (χ0n) is 7.96. The lowest BCUT2D eigenvalue weighted by atomic mass is 10.1. The Balaban J connectivity index is 0.000000561. The number of para-hydroxylation sites is 1. The molecular formula is C10H17NO. The van der Waals surface area contributed by atoms with Crippen molar-refractivity contribution in [3.05, 3.63) is 29.8 Å². The molecule has 0 fully saturated rings. The molecule has 2 nitrogen and oxygen atoms in total. The van der Waals surface area contributed by atoms with Crippen molar-refractivity contribution >= 4 is 5.69 Å². The van der Waals surface area contributed by atoms with Gasteiger partial charge in [-0.15, -0.1) is 0 Å². The van der Waals surface area contributed by atoms with E-state index >= 15 is 0 Å². The first-order valence-corrected chi connectivity index (χ1v) is 4.36. The standard InChI is InChI=1S/C8H11NO.C2H6/c1-2-7-5-3-4-6-8(7)9-10;1-2/h3-6,9-10H,2H2,1H3;1-2H3. The van der Waals surface area contributed by atoms with E-state index in [0.29, 0.717) is 0 Å². The van der Waals surface area contributed by atoms with Gasteiger partial charge in [-0.1, -0.05) is 39.0 Å². The zero-order valence-corrected chi connectivity index (χ0v) is 7.96. The maximum atomic E-state index is 8.60. The SMILES string of the molecule is CC.CCc1ccccc1NO. The van der Waals surface area contributed by atoms with Crippen molar-refractivity contribution in [3.63, 3.8) is 0 Å². The van der Waals surface area contributed by atoms with Gasteiger partial charge in [0.1, 0.15) is 0 Å². The molecule has 2 heteroatoms. The first-order valence-electron chi connectivity index (χ1n) is 4.36. The van der Waals surface area contributed by atoms with Gasteiger partial charge in [0.15, 0.2) is 0 Å². The Kier molecular flexibility index (Phi) is 6.11. The van der Waals surface area contributed by atoms with E-state index < -0.39 is 0 Å². The van der Waals surface area contributed by atoms with Crippen molar-refractivity contribution in [2.75, 3.05) is 5.48 Å². The third-order valence-electron chi connectivity index (χ3n) is 1.52. The number of rotatable bonds is 2. The van der Waals surface area contributed by atoms with Crippen LogP contribution in [0.1, 0.15) is 26.3 Å². The molecule has 1 aromatic carbocycles. The maximum absolute atomic E-state index is 8.60. The fraction of sp³-hybridized carbons (Fsp3) is 0.400. The van der Waals surface area contributed by atoms with Gasteiger partial charge in [-0.25, -0.2) is 0 Å². The van der Waals surface area contributed by atoms with E-state index in [1.165, 1.54) is 0 Å². The third-order valence-corrected chi connectivity index (χ3v) is 1.52. The molecule has 0 aromatic heterocycles. The first-order chi connectivity index (χ1) is 5.88. The number of aryl methyl sites for hydroxylation is 1. The molecule has 0 aliphatic heterocycles. The lowest BCUT2D eigenvalue weighted by molar-refractivity contribution is 0.388. The second-order valence-electron chi connectivity index (χ2n) is 2.12. The molecule has 1 rings (SSSR count). The highest BCUT2D eigenvalue weighted by molar-refractivity contribution is 5.48. The minimum Gasteiger partial charge on any atom is -0.291 e. The first kappa shape index (κ1) is 11.0. The van der Waals surface area contributed by atoms with Gasteiger partial charge < -0.3 is 0 Å². The topological polar surface area (TPSA) is 32.3 Å². The minimum absolute atomic E-state index is 0.796. The molecule has 0 saturated carbocycles. The van der Waals surface area contributed by atoms with Crippen molar-refractivity contribution in [2.24, 2.45) is 0 Å². The van der Waals surface area contributed by atoms with Crippen molar-refractivity contribution in [1.29, 1.82) is 0 Å². The van der Waals surface area contributed by atoms with Gasteiger partial charge in [-0.3, -0.25) is 10.7 Å². The van der Waals surface area contributed by atoms with Gasteiger partial charge in [-0.05, 0) is 18.1 Å². The second-order valence-corrected chi connectivity index (χ2v) is 2.12. The van der Waals surface area contributed by atoms with Crippen LogP contribution in [0.25, 0.3) is 0 Å². The fourth-order valence-electron chi connectivity index (χ4n) is 0.938. The fourth-order valence-corrected chi connectivity index (χ4v) is 0.938. The van der Waals surface area contributed by atoms with Crippen molar-refractivity contribution in [1.82, 2.24) is 0 Å². The summed E-state index contributed by atoms with van der Waals surface area (Å²) in [5.41, 5.74) is 4.07. The molecule has 0 heterocycles. The van der Waals surface area contributed by atoms with Gasteiger partial charge in [-0.2, -0.15) is 0 Å². The highest BCUT2D eigenvalue weighted by atomic mass is 16.5. The molecular weight excluding hydrogens is 150 g/mol. The largest absolute Gasteiger partial charge is 0.291 e. The van der Waals surface area contributed by atoms with Crippen molar-refractivity contribution in [2.45, 2.75) is 27.2 Å². The van der Waals surface area contributed by atoms with E-state index in [2.05, 4.69) is 12.4 Å². The molecule has 0 radical (unpaired) electrons. The van der Waals surface area contributed by atoms with Crippen LogP contribution in [0.2, 0.25) is 0 Å². The Hall–Kier alpha value is -1.02.